The van der Waals surface area contributed by atoms with Crippen LogP contribution in [0, 0.1) is 6.92 Å². The van der Waals surface area contributed by atoms with Crippen LogP contribution in [0.1, 0.15) is 33.3 Å². The van der Waals surface area contributed by atoms with Crippen molar-refractivity contribution >= 4 is 5.97 Å². The average molecular weight is 273 g/mol. The maximum atomic E-state index is 11.2. The second-order valence-electron chi connectivity index (χ2n) is 4.92. The van der Waals surface area contributed by atoms with Crippen molar-refractivity contribution in [1.29, 1.82) is 0 Å². The molecule has 0 radical (unpaired) electrons. The van der Waals surface area contributed by atoms with Gasteiger partial charge < -0.3 is 9.52 Å². The summed E-state index contributed by atoms with van der Waals surface area (Å²) in [6.45, 7) is 3.86. The van der Waals surface area contributed by atoms with E-state index in [1.807, 2.05) is 6.07 Å². The lowest BCUT2D eigenvalue weighted by atomic mass is 9.94. The van der Waals surface area contributed by atoms with Crippen LogP contribution < -0.4 is 0 Å². The molecule has 0 saturated heterocycles. The van der Waals surface area contributed by atoms with Gasteiger partial charge in [-0.25, -0.2) is 4.79 Å². The lowest BCUT2D eigenvalue weighted by molar-refractivity contribution is 0.0694. The van der Waals surface area contributed by atoms with Crippen LogP contribution in [0.4, 0.5) is 0 Å². The van der Waals surface area contributed by atoms with Crippen LogP contribution in [0.25, 0.3) is 0 Å². The van der Waals surface area contributed by atoms with Gasteiger partial charge in [0.05, 0.1) is 12.1 Å². The first kappa shape index (κ1) is 12.8. The van der Waals surface area contributed by atoms with Crippen molar-refractivity contribution in [2.45, 2.75) is 26.4 Å². The van der Waals surface area contributed by atoms with E-state index in [9.17, 15) is 9.90 Å². The van der Waals surface area contributed by atoms with Crippen LogP contribution >= 0.6 is 0 Å². The number of carboxylic acids is 1. The van der Waals surface area contributed by atoms with Crippen LogP contribution in [0.15, 0.2) is 22.6 Å². The molecule has 1 aromatic carbocycles. The van der Waals surface area contributed by atoms with Gasteiger partial charge >= 0.3 is 5.97 Å². The Morgan fingerprint density at radius 3 is 3.00 bits per heavy atom. The summed E-state index contributed by atoms with van der Waals surface area (Å²) in [5, 5.41) is 17.0. The summed E-state index contributed by atoms with van der Waals surface area (Å²) >= 11 is 0. The van der Waals surface area contributed by atoms with Gasteiger partial charge in [0.1, 0.15) is 0 Å². The molecule has 6 nitrogen and oxygen atoms in total. The largest absolute Gasteiger partial charge is 0.478 e. The number of hydrogen-bond donors (Lipinski definition) is 1. The lowest BCUT2D eigenvalue weighted by Gasteiger charge is -2.28. The number of rotatable bonds is 3. The minimum Gasteiger partial charge on any atom is -0.478 e. The third-order valence-electron chi connectivity index (χ3n) is 3.50. The van der Waals surface area contributed by atoms with Crippen molar-refractivity contribution in [3.05, 3.63) is 46.7 Å². The molecule has 20 heavy (non-hydrogen) atoms. The zero-order chi connectivity index (χ0) is 14.1. The number of aromatic nitrogens is 2. The summed E-state index contributed by atoms with van der Waals surface area (Å²) in [5.41, 5.74) is 2.42. The maximum Gasteiger partial charge on any atom is 0.335 e. The molecule has 104 valence electrons. The smallest absolute Gasteiger partial charge is 0.335 e. The molecule has 0 amide bonds. The van der Waals surface area contributed by atoms with Crippen LogP contribution in [0.3, 0.4) is 0 Å². The van der Waals surface area contributed by atoms with E-state index >= 15 is 0 Å². The molecule has 3 rings (SSSR count). The number of carbonyl (C=O) groups is 1. The zero-order valence-electron chi connectivity index (χ0n) is 11.2. The highest BCUT2D eigenvalue weighted by molar-refractivity contribution is 5.89. The molecule has 1 aliphatic heterocycles. The summed E-state index contributed by atoms with van der Waals surface area (Å²) < 4.78 is 5.38. The minimum absolute atomic E-state index is 0.413. The number of fused-ring (bicyclic) bond motifs is 1. The van der Waals surface area contributed by atoms with E-state index in [0.29, 0.717) is 30.4 Å². The first-order chi connectivity index (χ1) is 9.63. The molecule has 1 aliphatic rings. The van der Waals surface area contributed by atoms with Crippen LogP contribution in [0.5, 0.6) is 0 Å². The highest BCUT2D eigenvalue weighted by Crippen LogP contribution is 2.23. The van der Waals surface area contributed by atoms with Crippen molar-refractivity contribution in [3.63, 3.8) is 0 Å². The van der Waals surface area contributed by atoms with E-state index in [0.717, 1.165) is 24.1 Å². The van der Waals surface area contributed by atoms with Gasteiger partial charge in [0.2, 0.25) is 11.8 Å². The summed E-state index contributed by atoms with van der Waals surface area (Å²) in [4.78, 5) is 13.4. The molecule has 0 aliphatic carbocycles. The van der Waals surface area contributed by atoms with Gasteiger partial charge in [0.25, 0.3) is 0 Å². The molecular formula is C14H15N3O3. The van der Waals surface area contributed by atoms with Gasteiger partial charge in [-0.2, -0.15) is 0 Å². The summed E-state index contributed by atoms with van der Waals surface area (Å²) in [5.74, 6) is 0.300. The monoisotopic (exact) mass is 273 g/mol. The lowest BCUT2D eigenvalue weighted by Crippen LogP contribution is -2.31. The molecular weight excluding hydrogens is 258 g/mol. The fraction of sp³-hybridized carbons (Fsp3) is 0.357. The quantitative estimate of drug-likeness (QED) is 0.915. The van der Waals surface area contributed by atoms with E-state index < -0.39 is 5.97 Å². The third kappa shape index (κ3) is 2.42. The predicted molar refractivity (Wildman–Crippen MR) is 70.3 cm³/mol. The number of carboxylic acid groups (broad SMARTS) is 1. The van der Waals surface area contributed by atoms with Crippen LogP contribution in [0.2, 0.25) is 0 Å². The highest BCUT2D eigenvalue weighted by atomic mass is 16.4. The van der Waals surface area contributed by atoms with Gasteiger partial charge in [-0.15, -0.1) is 10.2 Å². The van der Waals surface area contributed by atoms with E-state index in [4.69, 9.17) is 4.42 Å². The Labute approximate surface area is 116 Å². The normalized spacial score (nSPS) is 15.1. The highest BCUT2D eigenvalue weighted by Gasteiger charge is 2.22. The minimum atomic E-state index is -0.858. The molecule has 6 heteroatoms. The van der Waals surface area contributed by atoms with Crippen LogP contribution in [-0.2, 0) is 19.5 Å². The standard InChI is InChI=1S/C14H15N3O3/c1-9-15-16-13(20-9)8-17-6-5-11-10(7-17)3-2-4-12(11)14(18)19/h2-4H,5-8H2,1H3,(H,18,19). The van der Waals surface area contributed by atoms with Crippen molar-refractivity contribution in [2.75, 3.05) is 6.54 Å². The number of aromatic carboxylic acids is 1. The maximum absolute atomic E-state index is 11.2. The molecule has 2 aromatic rings. The molecule has 1 aromatic heterocycles. The second-order valence-corrected chi connectivity index (χ2v) is 4.92. The van der Waals surface area contributed by atoms with E-state index in [2.05, 4.69) is 15.1 Å². The number of hydrogen-bond acceptors (Lipinski definition) is 5. The summed E-state index contributed by atoms with van der Waals surface area (Å²) in [6.07, 6.45) is 0.727. The van der Waals surface area contributed by atoms with E-state index in [1.54, 1.807) is 19.1 Å². The first-order valence-electron chi connectivity index (χ1n) is 6.49. The Bertz CT molecular complexity index is 651. The first-order valence-corrected chi connectivity index (χ1v) is 6.49. The fourth-order valence-corrected chi connectivity index (χ4v) is 2.60. The van der Waals surface area contributed by atoms with E-state index in [1.165, 1.54) is 0 Å². The fourth-order valence-electron chi connectivity index (χ4n) is 2.60. The Morgan fingerprint density at radius 2 is 2.30 bits per heavy atom. The van der Waals surface area contributed by atoms with Gasteiger partial charge in [0, 0.05) is 20.0 Å². The average Bonchev–Trinajstić information content (AvgIpc) is 2.83. The summed E-state index contributed by atoms with van der Waals surface area (Å²) in [6, 6.07) is 5.44. The molecule has 1 N–H and O–H groups in total. The molecule has 0 spiro atoms. The van der Waals surface area contributed by atoms with Crippen molar-refractivity contribution < 1.29 is 14.3 Å². The predicted octanol–water partition coefficient (Wildman–Crippen LogP) is 1.63. The van der Waals surface area contributed by atoms with Gasteiger partial charge in [-0.1, -0.05) is 12.1 Å². The Morgan fingerprint density at radius 1 is 1.45 bits per heavy atom. The SMILES string of the molecule is Cc1nnc(CN2CCc3c(cccc3C(=O)O)C2)o1. The number of nitrogens with zero attached hydrogens (tertiary/aromatic N) is 3. The van der Waals surface area contributed by atoms with Gasteiger partial charge in [-0.3, -0.25) is 4.90 Å². The summed E-state index contributed by atoms with van der Waals surface area (Å²) in [7, 11) is 0. The zero-order valence-corrected chi connectivity index (χ0v) is 11.2. The van der Waals surface area contributed by atoms with Crippen molar-refractivity contribution in [3.8, 4) is 0 Å². The van der Waals surface area contributed by atoms with Gasteiger partial charge in [-0.05, 0) is 23.6 Å². The Kier molecular flexibility index (Phi) is 3.23. The molecule has 0 atom stereocenters. The van der Waals surface area contributed by atoms with Crippen molar-refractivity contribution in [2.24, 2.45) is 0 Å². The molecule has 0 saturated carbocycles. The number of aryl methyl sites for hydroxylation is 1. The molecule has 2 heterocycles. The third-order valence-corrected chi connectivity index (χ3v) is 3.50. The molecule has 0 fully saturated rings. The number of benzene rings is 1. The topological polar surface area (TPSA) is 79.5 Å². The Hall–Kier alpha value is -2.21. The van der Waals surface area contributed by atoms with E-state index in [-0.39, 0.29) is 0 Å². The Balaban J connectivity index is 1.79. The van der Waals surface area contributed by atoms with Crippen LogP contribution in [-0.4, -0.2) is 32.7 Å². The van der Waals surface area contributed by atoms with Gasteiger partial charge in [0.15, 0.2) is 0 Å². The van der Waals surface area contributed by atoms with Crippen molar-refractivity contribution in [1.82, 2.24) is 15.1 Å². The second kappa shape index (κ2) is 5.05. The molecule has 0 bridgehead atoms. The molecule has 0 unspecified atom stereocenters.